The van der Waals surface area contributed by atoms with Gasteiger partial charge in [0.2, 0.25) is 0 Å². The summed E-state index contributed by atoms with van der Waals surface area (Å²) in [6, 6.07) is 0. The third kappa shape index (κ3) is 1.81. The number of ether oxygens (including phenoxy) is 2. The first-order valence-electron chi connectivity index (χ1n) is 5.80. The van der Waals surface area contributed by atoms with Crippen molar-refractivity contribution in [1.82, 2.24) is 0 Å². The van der Waals surface area contributed by atoms with Gasteiger partial charge in [0.25, 0.3) is 0 Å². The zero-order chi connectivity index (χ0) is 10.5. The molecule has 3 rings (SSSR count). The third-order valence-electron chi connectivity index (χ3n) is 4.09. The molecule has 15 heavy (non-hydrogen) atoms. The van der Waals surface area contributed by atoms with Gasteiger partial charge in [0, 0.05) is 12.8 Å². The van der Waals surface area contributed by atoms with Gasteiger partial charge in [0.15, 0.2) is 5.79 Å². The SMILES string of the molecule is BrC1(Br)C2CCCC3(CCC21)OCCO3. The van der Waals surface area contributed by atoms with Gasteiger partial charge in [-0.25, -0.2) is 0 Å². The molecule has 0 aromatic heterocycles. The highest BCUT2D eigenvalue weighted by Gasteiger charge is 2.61. The average molecular weight is 340 g/mol. The molecule has 0 aromatic carbocycles. The fraction of sp³-hybridized carbons (Fsp3) is 1.00. The summed E-state index contributed by atoms with van der Waals surface area (Å²) in [5.74, 6) is 1.36. The van der Waals surface area contributed by atoms with Crippen LogP contribution in [0.5, 0.6) is 0 Å². The van der Waals surface area contributed by atoms with Gasteiger partial charge < -0.3 is 9.47 Å². The summed E-state index contributed by atoms with van der Waals surface area (Å²) in [5.41, 5.74) is 0. The van der Waals surface area contributed by atoms with E-state index >= 15 is 0 Å². The number of hydrogen-bond donors (Lipinski definition) is 0. The second kappa shape index (κ2) is 3.69. The largest absolute Gasteiger partial charge is 0.348 e. The highest BCUT2D eigenvalue weighted by molar-refractivity contribution is 9.25. The molecule has 3 fully saturated rings. The molecule has 2 saturated carbocycles. The Hall–Kier alpha value is 0.880. The Morgan fingerprint density at radius 2 is 1.60 bits per heavy atom. The first-order chi connectivity index (χ1) is 7.14. The van der Waals surface area contributed by atoms with Crippen LogP contribution in [-0.2, 0) is 9.47 Å². The molecule has 1 aliphatic heterocycles. The smallest absolute Gasteiger partial charge is 0.168 e. The lowest BCUT2D eigenvalue weighted by molar-refractivity contribution is -0.170. The van der Waals surface area contributed by atoms with Crippen molar-refractivity contribution in [3.8, 4) is 0 Å². The predicted octanol–water partition coefficient (Wildman–Crippen LogP) is 3.43. The van der Waals surface area contributed by atoms with E-state index in [-0.39, 0.29) is 9.02 Å². The Bertz CT molecular complexity index is 261. The van der Waals surface area contributed by atoms with Crippen molar-refractivity contribution in [3.63, 3.8) is 0 Å². The Morgan fingerprint density at radius 3 is 2.33 bits per heavy atom. The van der Waals surface area contributed by atoms with E-state index in [1.807, 2.05) is 0 Å². The van der Waals surface area contributed by atoms with E-state index in [9.17, 15) is 0 Å². The molecule has 0 N–H and O–H groups in total. The van der Waals surface area contributed by atoms with Gasteiger partial charge in [-0.15, -0.1) is 0 Å². The van der Waals surface area contributed by atoms with Crippen molar-refractivity contribution < 1.29 is 9.47 Å². The standard InChI is InChI=1S/C11H16Br2O2/c12-11(13)8-2-1-4-10(5-3-9(8)11)14-6-7-15-10/h8-9H,1-7H2. The number of fused-ring (bicyclic) bond motifs is 1. The van der Waals surface area contributed by atoms with Crippen LogP contribution in [0.2, 0.25) is 0 Å². The zero-order valence-electron chi connectivity index (χ0n) is 8.68. The topological polar surface area (TPSA) is 18.5 Å². The zero-order valence-corrected chi connectivity index (χ0v) is 11.8. The van der Waals surface area contributed by atoms with E-state index in [2.05, 4.69) is 31.9 Å². The summed E-state index contributed by atoms with van der Waals surface area (Å²) in [6.07, 6.45) is 5.86. The molecule has 86 valence electrons. The fourth-order valence-electron chi connectivity index (χ4n) is 3.13. The van der Waals surface area contributed by atoms with Gasteiger partial charge in [0.05, 0.1) is 16.4 Å². The van der Waals surface area contributed by atoms with Crippen LogP contribution in [-0.4, -0.2) is 22.2 Å². The highest BCUT2D eigenvalue weighted by Crippen LogP contribution is 2.66. The molecule has 0 bridgehead atoms. The molecule has 4 heteroatoms. The van der Waals surface area contributed by atoms with Crippen molar-refractivity contribution in [2.24, 2.45) is 11.8 Å². The molecular weight excluding hydrogens is 324 g/mol. The van der Waals surface area contributed by atoms with Gasteiger partial charge in [-0.05, 0) is 31.1 Å². The molecule has 1 spiro atoms. The Morgan fingerprint density at radius 1 is 0.933 bits per heavy atom. The molecule has 1 saturated heterocycles. The number of alkyl halides is 2. The van der Waals surface area contributed by atoms with Crippen molar-refractivity contribution in [2.75, 3.05) is 13.2 Å². The molecule has 0 amide bonds. The first-order valence-corrected chi connectivity index (χ1v) is 7.38. The van der Waals surface area contributed by atoms with E-state index < -0.39 is 0 Å². The van der Waals surface area contributed by atoms with E-state index in [0.717, 1.165) is 37.9 Å². The van der Waals surface area contributed by atoms with Crippen LogP contribution in [0.4, 0.5) is 0 Å². The van der Waals surface area contributed by atoms with Gasteiger partial charge in [0.1, 0.15) is 0 Å². The van der Waals surface area contributed by atoms with Gasteiger partial charge in [-0.3, -0.25) is 0 Å². The average Bonchev–Trinajstić information content (AvgIpc) is 2.58. The summed E-state index contributed by atoms with van der Waals surface area (Å²) in [4.78, 5) is 0. The summed E-state index contributed by atoms with van der Waals surface area (Å²) in [7, 11) is 0. The molecule has 1 heterocycles. The quantitative estimate of drug-likeness (QED) is 0.629. The minimum absolute atomic E-state index is 0.219. The van der Waals surface area contributed by atoms with E-state index in [0.29, 0.717) is 0 Å². The van der Waals surface area contributed by atoms with Crippen LogP contribution in [0, 0.1) is 11.8 Å². The third-order valence-corrected chi connectivity index (χ3v) is 6.44. The number of hydrogen-bond acceptors (Lipinski definition) is 2. The van der Waals surface area contributed by atoms with Crippen molar-refractivity contribution in [2.45, 2.75) is 41.1 Å². The minimum Gasteiger partial charge on any atom is -0.348 e. The van der Waals surface area contributed by atoms with Crippen molar-refractivity contribution >= 4 is 31.9 Å². The molecule has 2 aliphatic carbocycles. The van der Waals surface area contributed by atoms with Crippen LogP contribution < -0.4 is 0 Å². The maximum Gasteiger partial charge on any atom is 0.168 e. The maximum atomic E-state index is 5.80. The molecule has 2 nitrogen and oxygen atoms in total. The number of rotatable bonds is 0. The van der Waals surface area contributed by atoms with Crippen LogP contribution in [0.25, 0.3) is 0 Å². The summed E-state index contributed by atoms with van der Waals surface area (Å²) < 4.78 is 11.8. The highest BCUT2D eigenvalue weighted by atomic mass is 79.9. The number of halogens is 2. The lowest BCUT2D eigenvalue weighted by Crippen LogP contribution is -2.31. The Balaban J connectivity index is 1.69. The lowest BCUT2D eigenvalue weighted by Gasteiger charge is -2.28. The van der Waals surface area contributed by atoms with Gasteiger partial charge >= 0.3 is 0 Å². The van der Waals surface area contributed by atoms with E-state index in [1.54, 1.807) is 0 Å². The monoisotopic (exact) mass is 338 g/mol. The second-order valence-electron chi connectivity index (χ2n) is 4.93. The van der Waals surface area contributed by atoms with Crippen molar-refractivity contribution in [3.05, 3.63) is 0 Å². The van der Waals surface area contributed by atoms with Crippen LogP contribution >= 0.6 is 31.9 Å². The minimum atomic E-state index is -0.219. The molecule has 2 unspecified atom stereocenters. The van der Waals surface area contributed by atoms with E-state index in [1.165, 1.54) is 19.3 Å². The lowest BCUT2D eigenvalue weighted by atomic mass is 9.96. The van der Waals surface area contributed by atoms with Gasteiger partial charge in [-0.2, -0.15) is 0 Å². The molecule has 0 radical (unpaired) electrons. The second-order valence-corrected chi connectivity index (χ2v) is 8.61. The summed E-state index contributed by atoms with van der Waals surface area (Å²) in [5, 5.41) is 0. The Labute approximate surface area is 107 Å². The first kappa shape index (κ1) is 11.0. The fourth-order valence-corrected chi connectivity index (χ4v) is 5.05. The van der Waals surface area contributed by atoms with Crippen molar-refractivity contribution in [1.29, 1.82) is 0 Å². The normalized spacial score (nSPS) is 42.0. The summed E-state index contributed by atoms with van der Waals surface area (Å²) in [6.45, 7) is 1.56. The molecular formula is C11H16Br2O2. The molecule has 3 aliphatic rings. The van der Waals surface area contributed by atoms with E-state index in [4.69, 9.17) is 9.47 Å². The molecule has 0 aromatic rings. The van der Waals surface area contributed by atoms with Crippen LogP contribution in [0.1, 0.15) is 32.1 Å². The summed E-state index contributed by atoms with van der Waals surface area (Å²) >= 11 is 7.56. The maximum absolute atomic E-state index is 5.80. The van der Waals surface area contributed by atoms with Crippen LogP contribution in [0.3, 0.4) is 0 Å². The Kier molecular flexibility index (Phi) is 2.70. The van der Waals surface area contributed by atoms with Gasteiger partial charge in [-0.1, -0.05) is 31.9 Å². The van der Waals surface area contributed by atoms with Crippen LogP contribution in [0.15, 0.2) is 0 Å². The molecule has 2 atom stereocenters. The predicted molar refractivity (Wildman–Crippen MR) is 65.3 cm³/mol.